The Labute approximate surface area is 116 Å². The standard InChI is InChI=1S/C15H27NO3/c1-4-12(11(2)3)10-13(17)16-15(14(18)19)8-6-5-7-9-15/h11-12H,4-10H2,1-3H3,(H,16,17)(H,18,19). The second kappa shape index (κ2) is 6.92. The Hall–Kier alpha value is -1.06. The molecule has 1 saturated carbocycles. The lowest BCUT2D eigenvalue weighted by molar-refractivity contribution is -0.149. The zero-order valence-corrected chi connectivity index (χ0v) is 12.4. The van der Waals surface area contributed by atoms with Gasteiger partial charge in [0.2, 0.25) is 5.91 Å². The van der Waals surface area contributed by atoms with Crippen LogP contribution in [-0.4, -0.2) is 22.5 Å². The van der Waals surface area contributed by atoms with Crippen LogP contribution >= 0.6 is 0 Å². The van der Waals surface area contributed by atoms with Crippen molar-refractivity contribution in [3.05, 3.63) is 0 Å². The minimum absolute atomic E-state index is 0.107. The third-order valence-electron chi connectivity index (χ3n) is 4.41. The van der Waals surface area contributed by atoms with Gasteiger partial charge in [0.25, 0.3) is 0 Å². The van der Waals surface area contributed by atoms with Crippen molar-refractivity contribution in [1.82, 2.24) is 5.32 Å². The van der Waals surface area contributed by atoms with Crippen LogP contribution in [0.3, 0.4) is 0 Å². The number of amides is 1. The summed E-state index contributed by atoms with van der Waals surface area (Å²) in [5.41, 5.74) is -1.01. The summed E-state index contributed by atoms with van der Waals surface area (Å²) in [7, 11) is 0. The molecule has 1 rings (SSSR count). The van der Waals surface area contributed by atoms with Gasteiger partial charge in [0.05, 0.1) is 0 Å². The van der Waals surface area contributed by atoms with Crippen molar-refractivity contribution in [2.24, 2.45) is 11.8 Å². The van der Waals surface area contributed by atoms with Crippen molar-refractivity contribution in [1.29, 1.82) is 0 Å². The van der Waals surface area contributed by atoms with Gasteiger partial charge in [-0.2, -0.15) is 0 Å². The molecule has 1 amide bonds. The molecular formula is C15H27NO3. The van der Waals surface area contributed by atoms with Crippen LogP contribution in [0.2, 0.25) is 0 Å². The summed E-state index contributed by atoms with van der Waals surface area (Å²) in [5, 5.41) is 12.2. The zero-order chi connectivity index (χ0) is 14.5. The van der Waals surface area contributed by atoms with E-state index in [4.69, 9.17) is 0 Å². The molecule has 0 spiro atoms. The molecule has 19 heavy (non-hydrogen) atoms. The number of aliphatic carboxylic acids is 1. The number of carbonyl (C=O) groups is 2. The number of carboxylic acids is 1. The normalized spacial score (nSPS) is 20.0. The largest absolute Gasteiger partial charge is 0.480 e. The highest BCUT2D eigenvalue weighted by atomic mass is 16.4. The Balaban J connectivity index is 2.64. The van der Waals surface area contributed by atoms with E-state index in [-0.39, 0.29) is 5.91 Å². The van der Waals surface area contributed by atoms with Crippen LogP contribution < -0.4 is 5.32 Å². The number of rotatable bonds is 6. The molecule has 0 heterocycles. The number of carbonyl (C=O) groups excluding carboxylic acids is 1. The van der Waals surface area contributed by atoms with E-state index in [9.17, 15) is 14.7 Å². The van der Waals surface area contributed by atoms with Gasteiger partial charge in [-0.25, -0.2) is 4.79 Å². The molecule has 0 saturated heterocycles. The first-order chi connectivity index (χ1) is 8.91. The van der Waals surface area contributed by atoms with E-state index in [1.165, 1.54) is 0 Å². The van der Waals surface area contributed by atoms with Crippen molar-refractivity contribution < 1.29 is 14.7 Å². The van der Waals surface area contributed by atoms with E-state index in [0.29, 0.717) is 31.1 Å². The Kier molecular flexibility index (Phi) is 5.83. The molecule has 1 unspecified atom stereocenters. The average molecular weight is 269 g/mol. The Bertz CT molecular complexity index is 319. The molecule has 0 bridgehead atoms. The van der Waals surface area contributed by atoms with Gasteiger partial charge in [-0.05, 0) is 24.7 Å². The Morgan fingerprint density at radius 1 is 1.21 bits per heavy atom. The van der Waals surface area contributed by atoms with E-state index in [1.54, 1.807) is 0 Å². The van der Waals surface area contributed by atoms with Crippen molar-refractivity contribution in [3.8, 4) is 0 Å². The molecule has 0 radical (unpaired) electrons. The quantitative estimate of drug-likeness (QED) is 0.779. The summed E-state index contributed by atoms with van der Waals surface area (Å²) in [6.07, 6.45) is 5.34. The van der Waals surface area contributed by atoms with E-state index >= 15 is 0 Å². The van der Waals surface area contributed by atoms with Gasteiger partial charge in [0.15, 0.2) is 0 Å². The van der Waals surface area contributed by atoms with E-state index in [2.05, 4.69) is 26.1 Å². The minimum Gasteiger partial charge on any atom is -0.480 e. The van der Waals surface area contributed by atoms with Crippen LogP contribution in [0.5, 0.6) is 0 Å². The van der Waals surface area contributed by atoms with Gasteiger partial charge in [-0.3, -0.25) is 4.79 Å². The van der Waals surface area contributed by atoms with Crippen molar-refractivity contribution in [2.75, 3.05) is 0 Å². The summed E-state index contributed by atoms with van der Waals surface area (Å²) in [4.78, 5) is 23.6. The molecule has 1 fully saturated rings. The highest BCUT2D eigenvalue weighted by Gasteiger charge is 2.41. The van der Waals surface area contributed by atoms with Crippen LogP contribution in [0.4, 0.5) is 0 Å². The fourth-order valence-corrected chi connectivity index (χ4v) is 2.96. The summed E-state index contributed by atoms with van der Waals surface area (Å²) >= 11 is 0. The smallest absolute Gasteiger partial charge is 0.329 e. The lowest BCUT2D eigenvalue weighted by atomic mass is 9.81. The lowest BCUT2D eigenvalue weighted by Crippen LogP contribution is -2.55. The Morgan fingerprint density at radius 2 is 1.79 bits per heavy atom. The maximum absolute atomic E-state index is 12.1. The fraction of sp³-hybridized carbons (Fsp3) is 0.867. The van der Waals surface area contributed by atoms with E-state index in [0.717, 1.165) is 25.7 Å². The molecule has 0 aromatic carbocycles. The molecule has 0 aromatic rings. The van der Waals surface area contributed by atoms with Crippen LogP contribution in [0.1, 0.15) is 65.7 Å². The SMILES string of the molecule is CCC(CC(=O)NC1(C(=O)O)CCCCC1)C(C)C. The van der Waals surface area contributed by atoms with Gasteiger partial charge in [0.1, 0.15) is 5.54 Å². The monoisotopic (exact) mass is 269 g/mol. The molecule has 1 aliphatic carbocycles. The Morgan fingerprint density at radius 3 is 2.21 bits per heavy atom. The molecule has 110 valence electrons. The van der Waals surface area contributed by atoms with E-state index in [1.807, 2.05) is 0 Å². The second-order valence-corrected chi connectivity index (χ2v) is 6.11. The first-order valence-corrected chi connectivity index (χ1v) is 7.45. The number of nitrogens with one attached hydrogen (secondary N) is 1. The molecule has 0 aromatic heterocycles. The number of hydrogen-bond acceptors (Lipinski definition) is 2. The van der Waals surface area contributed by atoms with Crippen LogP contribution in [0.25, 0.3) is 0 Å². The van der Waals surface area contributed by atoms with Gasteiger partial charge < -0.3 is 10.4 Å². The summed E-state index contributed by atoms with van der Waals surface area (Å²) in [5.74, 6) is -0.208. The second-order valence-electron chi connectivity index (χ2n) is 6.11. The first-order valence-electron chi connectivity index (χ1n) is 7.45. The summed E-state index contributed by atoms with van der Waals surface area (Å²) < 4.78 is 0. The molecule has 2 N–H and O–H groups in total. The maximum Gasteiger partial charge on any atom is 0.329 e. The highest BCUT2D eigenvalue weighted by Crippen LogP contribution is 2.29. The van der Waals surface area contributed by atoms with Crippen molar-refractivity contribution in [2.45, 2.75) is 71.3 Å². The van der Waals surface area contributed by atoms with Gasteiger partial charge in [-0.15, -0.1) is 0 Å². The molecule has 1 atom stereocenters. The highest BCUT2D eigenvalue weighted by molar-refractivity contribution is 5.87. The van der Waals surface area contributed by atoms with Gasteiger partial charge >= 0.3 is 5.97 Å². The lowest BCUT2D eigenvalue weighted by Gasteiger charge is -2.34. The van der Waals surface area contributed by atoms with Crippen LogP contribution in [0, 0.1) is 11.8 Å². The maximum atomic E-state index is 12.1. The average Bonchev–Trinajstić information content (AvgIpc) is 2.36. The third kappa shape index (κ3) is 4.22. The summed E-state index contributed by atoms with van der Waals surface area (Å²) in [6, 6.07) is 0. The van der Waals surface area contributed by atoms with Crippen molar-refractivity contribution in [3.63, 3.8) is 0 Å². The van der Waals surface area contributed by atoms with Crippen molar-refractivity contribution >= 4 is 11.9 Å². The van der Waals surface area contributed by atoms with Crippen LogP contribution in [-0.2, 0) is 9.59 Å². The van der Waals surface area contributed by atoms with Gasteiger partial charge in [0, 0.05) is 6.42 Å². The van der Waals surface area contributed by atoms with Gasteiger partial charge in [-0.1, -0.05) is 46.5 Å². The predicted octanol–water partition coefficient (Wildman–Crippen LogP) is 2.96. The van der Waals surface area contributed by atoms with Crippen LogP contribution in [0.15, 0.2) is 0 Å². The molecule has 4 heteroatoms. The fourth-order valence-electron chi connectivity index (χ4n) is 2.96. The molecule has 4 nitrogen and oxygen atoms in total. The number of carboxylic acid groups (broad SMARTS) is 1. The summed E-state index contributed by atoms with van der Waals surface area (Å²) in [6.45, 7) is 6.29. The zero-order valence-electron chi connectivity index (χ0n) is 12.4. The predicted molar refractivity (Wildman–Crippen MR) is 74.8 cm³/mol. The molecule has 1 aliphatic rings. The third-order valence-corrected chi connectivity index (χ3v) is 4.41. The number of hydrogen-bond donors (Lipinski definition) is 2. The topological polar surface area (TPSA) is 66.4 Å². The van der Waals surface area contributed by atoms with E-state index < -0.39 is 11.5 Å². The first kappa shape index (κ1) is 16.0. The molecule has 0 aliphatic heterocycles. The minimum atomic E-state index is -1.01. The molecular weight excluding hydrogens is 242 g/mol.